The first-order chi connectivity index (χ1) is 12.2. The molecule has 1 aliphatic heterocycles. The first kappa shape index (κ1) is 16.1. The molecular formula is C19H25N5O. The molecular weight excluding hydrogens is 314 g/mol. The number of nitrogens with zero attached hydrogens (tertiary/aromatic N) is 4. The molecule has 3 aromatic heterocycles. The van der Waals surface area contributed by atoms with Crippen LogP contribution in [0.3, 0.4) is 0 Å². The van der Waals surface area contributed by atoms with Gasteiger partial charge in [-0.2, -0.15) is 9.61 Å². The molecule has 0 saturated carbocycles. The van der Waals surface area contributed by atoms with Gasteiger partial charge in [0.25, 0.3) is 0 Å². The summed E-state index contributed by atoms with van der Waals surface area (Å²) in [5.74, 6) is 2.70. The lowest BCUT2D eigenvalue weighted by atomic mass is 9.98. The molecule has 0 radical (unpaired) electrons. The average molecular weight is 339 g/mol. The number of aryl methyl sites for hydroxylation is 2. The smallest absolute Gasteiger partial charge is 0.157 e. The summed E-state index contributed by atoms with van der Waals surface area (Å²) in [5.41, 5.74) is 2.91. The summed E-state index contributed by atoms with van der Waals surface area (Å²) in [6, 6.07) is 8.10. The predicted octanol–water partition coefficient (Wildman–Crippen LogP) is 3.26. The monoisotopic (exact) mass is 339 g/mol. The van der Waals surface area contributed by atoms with Gasteiger partial charge in [-0.3, -0.25) is 4.90 Å². The Morgan fingerprint density at radius 1 is 1.28 bits per heavy atom. The zero-order valence-corrected chi connectivity index (χ0v) is 14.9. The summed E-state index contributed by atoms with van der Waals surface area (Å²) in [6.07, 6.45) is 4.24. The van der Waals surface area contributed by atoms with Gasteiger partial charge in [0.15, 0.2) is 5.65 Å². The third kappa shape index (κ3) is 3.69. The van der Waals surface area contributed by atoms with Crippen molar-refractivity contribution < 1.29 is 4.42 Å². The number of piperidine rings is 1. The summed E-state index contributed by atoms with van der Waals surface area (Å²) in [7, 11) is 0. The van der Waals surface area contributed by atoms with Crippen molar-refractivity contribution in [2.24, 2.45) is 5.92 Å². The fourth-order valence-electron chi connectivity index (χ4n) is 3.67. The van der Waals surface area contributed by atoms with Gasteiger partial charge in [-0.15, -0.1) is 0 Å². The SMILES string of the molecule is Cc1cc(NC[C@@H]2CCCN(Cc3ccco3)C2)n2nc(C)cc2n1. The number of furan rings is 1. The number of rotatable bonds is 5. The molecule has 0 bridgehead atoms. The van der Waals surface area contributed by atoms with Gasteiger partial charge in [0.1, 0.15) is 11.6 Å². The van der Waals surface area contributed by atoms with E-state index in [1.807, 2.05) is 30.5 Å². The maximum atomic E-state index is 5.49. The quantitative estimate of drug-likeness (QED) is 0.773. The second kappa shape index (κ2) is 6.88. The highest BCUT2D eigenvalue weighted by molar-refractivity contribution is 5.50. The van der Waals surface area contributed by atoms with E-state index in [4.69, 9.17) is 4.42 Å². The molecule has 1 aliphatic rings. The molecule has 0 amide bonds. The molecule has 132 valence electrons. The van der Waals surface area contributed by atoms with Gasteiger partial charge in [-0.1, -0.05) is 0 Å². The number of anilines is 1. The summed E-state index contributed by atoms with van der Waals surface area (Å²) >= 11 is 0. The van der Waals surface area contributed by atoms with E-state index >= 15 is 0 Å². The molecule has 1 fully saturated rings. The third-order valence-corrected chi connectivity index (χ3v) is 4.81. The van der Waals surface area contributed by atoms with Crippen LogP contribution >= 0.6 is 0 Å². The van der Waals surface area contributed by atoms with Crippen LogP contribution in [0.25, 0.3) is 5.65 Å². The molecule has 1 atom stereocenters. The topological polar surface area (TPSA) is 58.6 Å². The van der Waals surface area contributed by atoms with Crippen LogP contribution in [-0.4, -0.2) is 39.1 Å². The molecule has 25 heavy (non-hydrogen) atoms. The van der Waals surface area contributed by atoms with Crippen molar-refractivity contribution in [2.45, 2.75) is 33.2 Å². The van der Waals surface area contributed by atoms with Gasteiger partial charge in [-0.05, 0) is 51.3 Å². The van der Waals surface area contributed by atoms with E-state index in [-0.39, 0.29) is 0 Å². The number of hydrogen-bond donors (Lipinski definition) is 1. The van der Waals surface area contributed by atoms with Gasteiger partial charge >= 0.3 is 0 Å². The highest BCUT2D eigenvalue weighted by Gasteiger charge is 2.21. The lowest BCUT2D eigenvalue weighted by molar-refractivity contribution is 0.162. The fraction of sp³-hybridized carbons (Fsp3) is 0.474. The van der Waals surface area contributed by atoms with Crippen LogP contribution in [0.15, 0.2) is 34.9 Å². The van der Waals surface area contributed by atoms with Gasteiger partial charge in [0, 0.05) is 30.9 Å². The third-order valence-electron chi connectivity index (χ3n) is 4.81. The van der Waals surface area contributed by atoms with E-state index in [1.54, 1.807) is 6.26 Å². The van der Waals surface area contributed by atoms with Gasteiger partial charge < -0.3 is 9.73 Å². The summed E-state index contributed by atoms with van der Waals surface area (Å²) in [6.45, 7) is 8.13. The van der Waals surface area contributed by atoms with Crippen molar-refractivity contribution in [1.29, 1.82) is 0 Å². The van der Waals surface area contributed by atoms with E-state index in [0.717, 1.165) is 54.8 Å². The minimum atomic E-state index is 0.629. The molecule has 4 heterocycles. The number of hydrogen-bond acceptors (Lipinski definition) is 5. The van der Waals surface area contributed by atoms with Crippen molar-refractivity contribution in [1.82, 2.24) is 19.5 Å². The minimum Gasteiger partial charge on any atom is -0.468 e. The normalized spacial score (nSPS) is 18.7. The van der Waals surface area contributed by atoms with E-state index < -0.39 is 0 Å². The number of likely N-dealkylation sites (tertiary alicyclic amines) is 1. The Kier molecular flexibility index (Phi) is 4.44. The molecule has 6 heteroatoms. The highest BCUT2D eigenvalue weighted by atomic mass is 16.3. The Labute approximate surface area is 147 Å². The highest BCUT2D eigenvalue weighted by Crippen LogP contribution is 2.20. The van der Waals surface area contributed by atoms with Gasteiger partial charge in [0.05, 0.1) is 18.5 Å². The summed E-state index contributed by atoms with van der Waals surface area (Å²) in [4.78, 5) is 7.03. The largest absolute Gasteiger partial charge is 0.468 e. The minimum absolute atomic E-state index is 0.629. The van der Waals surface area contributed by atoms with Crippen LogP contribution in [-0.2, 0) is 6.54 Å². The zero-order valence-electron chi connectivity index (χ0n) is 14.9. The molecule has 1 N–H and O–H groups in total. The average Bonchev–Trinajstić information content (AvgIpc) is 3.21. The fourth-order valence-corrected chi connectivity index (χ4v) is 3.67. The maximum Gasteiger partial charge on any atom is 0.157 e. The second-order valence-corrected chi connectivity index (χ2v) is 7.04. The molecule has 1 saturated heterocycles. The second-order valence-electron chi connectivity index (χ2n) is 7.04. The Morgan fingerprint density at radius 2 is 2.20 bits per heavy atom. The Balaban J connectivity index is 1.41. The lowest BCUT2D eigenvalue weighted by Crippen LogP contribution is -2.37. The van der Waals surface area contributed by atoms with Crippen LogP contribution in [0.5, 0.6) is 0 Å². The van der Waals surface area contributed by atoms with E-state index in [9.17, 15) is 0 Å². The lowest BCUT2D eigenvalue weighted by Gasteiger charge is -2.32. The standard InChI is InChI=1S/C19H25N5O/c1-14-9-18(24-19(21-14)10-15(2)22-24)20-11-16-5-3-7-23(12-16)13-17-6-4-8-25-17/h4,6,8-10,16,20H,3,5,7,11-13H2,1-2H3/t16-/m0/s1. The predicted molar refractivity (Wildman–Crippen MR) is 97.7 cm³/mol. The van der Waals surface area contributed by atoms with Crippen molar-refractivity contribution in [3.63, 3.8) is 0 Å². The Bertz CT molecular complexity index is 839. The zero-order chi connectivity index (χ0) is 17.2. The molecule has 6 nitrogen and oxygen atoms in total. The van der Waals surface area contributed by atoms with Crippen molar-refractivity contribution in [2.75, 3.05) is 25.0 Å². The molecule has 3 aromatic rings. The molecule has 0 spiro atoms. The van der Waals surface area contributed by atoms with Gasteiger partial charge in [0.2, 0.25) is 0 Å². The van der Waals surface area contributed by atoms with E-state index in [2.05, 4.69) is 32.4 Å². The Hall–Kier alpha value is -2.34. The van der Waals surface area contributed by atoms with E-state index in [1.165, 1.54) is 12.8 Å². The molecule has 0 aliphatic carbocycles. The van der Waals surface area contributed by atoms with Crippen LogP contribution in [0.2, 0.25) is 0 Å². The van der Waals surface area contributed by atoms with Crippen LogP contribution in [0.4, 0.5) is 5.82 Å². The Morgan fingerprint density at radius 3 is 3.04 bits per heavy atom. The van der Waals surface area contributed by atoms with E-state index in [0.29, 0.717) is 5.92 Å². The number of nitrogens with one attached hydrogen (secondary N) is 1. The summed E-state index contributed by atoms with van der Waals surface area (Å²) < 4.78 is 7.40. The summed E-state index contributed by atoms with van der Waals surface area (Å²) in [5, 5.41) is 8.15. The maximum absolute atomic E-state index is 5.49. The first-order valence-electron chi connectivity index (χ1n) is 9.00. The number of fused-ring (bicyclic) bond motifs is 1. The van der Waals surface area contributed by atoms with Crippen LogP contribution in [0, 0.1) is 19.8 Å². The van der Waals surface area contributed by atoms with Gasteiger partial charge in [-0.25, -0.2) is 4.98 Å². The van der Waals surface area contributed by atoms with Crippen LogP contribution < -0.4 is 5.32 Å². The van der Waals surface area contributed by atoms with Crippen molar-refractivity contribution in [3.8, 4) is 0 Å². The van der Waals surface area contributed by atoms with Crippen LogP contribution in [0.1, 0.15) is 30.0 Å². The molecule has 0 aromatic carbocycles. The molecule has 4 rings (SSSR count). The molecule has 0 unspecified atom stereocenters. The van der Waals surface area contributed by atoms with Crippen molar-refractivity contribution >= 4 is 11.5 Å². The first-order valence-corrected chi connectivity index (χ1v) is 9.00. The number of aromatic nitrogens is 3. The van der Waals surface area contributed by atoms with Crippen molar-refractivity contribution in [3.05, 3.63) is 47.7 Å².